The molecule has 106 valence electrons. The van der Waals surface area contributed by atoms with Gasteiger partial charge in [-0.05, 0) is 32.4 Å². The number of hydrogen-bond acceptors (Lipinski definition) is 5. The number of nitrogens with one attached hydrogen (secondary N) is 1. The largest absolute Gasteiger partial charge is 0.387 e. The molecule has 2 saturated heterocycles. The van der Waals surface area contributed by atoms with Gasteiger partial charge in [0.25, 0.3) is 0 Å². The van der Waals surface area contributed by atoms with E-state index >= 15 is 0 Å². The van der Waals surface area contributed by atoms with Gasteiger partial charge in [-0.1, -0.05) is 0 Å². The van der Waals surface area contributed by atoms with E-state index in [2.05, 4.69) is 10.2 Å². The topological polar surface area (TPSA) is 54.0 Å². The fourth-order valence-electron chi connectivity index (χ4n) is 2.51. The first kappa shape index (κ1) is 14.2. The first-order chi connectivity index (χ1) is 8.79. The van der Waals surface area contributed by atoms with Crippen molar-refractivity contribution < 1.29 is 14.6 Å². The molecule has 0 radical (unpaired) electrons. The lowest BCUT2D eigenvalue weighted by Crippen LogP contribution is -2.45. The zero-order valence-electron chi connectivity index (χ0n) is 11.2. The molecular formula is C13H26N2O3. The van der Waals surface area contributed by atoms with Crippen LogP contribution in [-0.2, 0) is 9.47 Å². The average molecular weight is 258 g/mol. The first-order valence-electron chi connectivity index (χ1n) is 7.09. The van der Waals surface area contributed by atoms with E-state index in [-0.39, 0.29) is 0 Å². The van der Waals surface area contributed by atoms with Crippen molar-refractivity contribution >= 4 is 0 Å². The van der Waals surface area contributed by atoms with Crippen LogP contribution in [0.1, 0.15) is 19.3 Å². The summed E-state index contributed by atoms with van der Waals surface area (Å²) >= 11 is 0. The third-order valence-electron chi connectivity index (χ3n) is 3.77. The van der Waals surface area contributed by atoms with Gasteiger partial charge in [0.2, 0.25) is 0 Å². The fraction of sp³-hybridized carbons (Fsp3) is 1.00. The van der Waals surface area contributed by atoms with Crippen LogP contribution < -0.4 is 5.32 Å². The fourth-order valence-corrected chi connectivity index (χ4v) is 2.51. The average Bonchev–Trinajstić information content (AvgIpc) is 2.40. The molecule has 2 aliphatic heterocycles. The Morgan fingerprint density at radius 2 is 1.94 bits per heavy atom. The monoisotopic (exact) mass is 258 g/mol. The van der Waals surface area contributed by atoms with Gasteiger partial charge in [-0.2, -0.15) is 0 Å². The molecule has 2 N–H and O–H groups in total. The third kappa shape index (κ3) is 4.82. The quantitative estimate of drug-likeness (QED) is 0.648. The van der Waals surface area contributed by atoms with E-state index < -0.39 is 5.60 Å². The molecule has 2 aliphatic rings. The van der Waals surface area contributed by atoms with Crippen molar-refractivity contribution in [2.24, 2.45) is 0 Å². The molecule has 0 atom stereocenters. The van der Waals surface area contributed by atoms with Gasteiger partial charge in [-0.3, -0.25) is 4.90 Å². The second-order valence-electron chi connectivity index (χ2n) is 5.33. The molecule has 2 heterocycles. The lowest BCUT2D eigenvalue weighted by atomic mass is 9.94. The van der Waals surface area contributed by atoms with Crippen molar-refractivity contribution in [1.29, 1.82) is 0 Å². The molecule has 0 bridgehead atoms. The van der Waals surface area contributed by atoms with Crippen LogP contribution in [-0.4, -0.2) is 74.8 Å². The highest BCUT2D eigenvalue weighted by molar-refractivity contribution is 4.83. The van der Waals surface area contributed by atoms with Crippen molar-refractivity contribution in [3.05, 3.63) is 0 Å². The van der Waals surface area contributed by atoms with Crippen LogP contribution in [0.2, 0.25) is 0 Å². The molecule has 5 heteroatoms. The number of nitrogens with zero attached hydrogens (tertiary/aromatic N) is 1. The Bertz CT molecular complexity index is 226. The van der Waals surface area contributed by atoms with Gasteiger partial charge >= 0.3 is 0 Å². The number of ether oxygens (including phenoxy) is 2. The minimum atomic E-state index is -0.593. The zero-order chi connectivity index (χ0) is 12.7. The smallest absolute Gasteiger partial charge is 0.0904 e. The summed E-state index contributed by atoms with van der Waals surface area (Å²) in [5.74, 6) is 0. The van der Waals surface area contributed by atoms with E-state index in [0.717, 1.165) is 71.8 Å². The third-order valence-corrected chi connectivity index (χ3v) is 3.77. The van der Waals surface area contributed by atoms with Crippen molar-refractivity contribution in [3.8, 4) is 0 Å². The van der Waals surface area contributed by atoms with Gasteiger partial charge in [-0.15, -0.1) is 0 Å². The Kier molecular flexibility index (Phi) is 5.85. The summed E-state index contributed by atoms with van der Waals surface area (Å²) in [6, 6.07) is 0. The molecule has 2 fully saturated rings. The SMILES string of the molecule is OC1(COCCCN2CCOCC2)CCNCC1. The van der Waals surface area contributed by atoms with Crippen molar-refractivity contribution in [2.75, 3.05) is 59.2 Å². The number of piperidine rings is 1. The molecule has 2 rings (SSSR count). The maximum atomic E-state index is 10.2. The van der Waals surface area contributed by atoms with Gasteiger partial charge < -0.3 is 19.9 Å². The molecule has 5 nitrogen and oxygen atoms in total. The summed E-state index contributed by atoms with van der Waals surface area (Å²) in [7, 11) is 0. The number of hydrogen-bond donors (Lipinski definition) is 2. The minimum absolute atomic E-state index is 0.484. The highest BCUT2D eigenvalue weighted by Gasteiger charge is 2.29. The lowest BCUT2D eigenvalue weighted by molar-refractivity contribution is -0.0658. The van der Waals surface area contributed by atoms with Crippen LogP contribution in [0.5, 0.6) is 0 Å². The van der Waals surface area contributed by atoms with Crippen LogP contribution in [0.25, 0.3) is 0 Å². The van der Waals surface area contributed by atoms with E-state index in [4.69, 9.17) is 9.47 Å². The van der Waals surface area contributed by atoms with E-state index in [9.17, 15) is 5.11 Å². The highest BCUT2D eigenvalue weighted by Crippen LogP contribution is 2.18. The van der Waals surface area contributed by atoms with Gasteiger partial charge in [0.15, 0.2) is 0 Å². The Morgan fingerprint density at radius 1 is 1.22 bits per heavy atom. The molecular weight excluding hydrogens is 232 g/mol. The number of morpholine rings is 1. The van der Waals surface area contributed by atoms with E-state index in [1.165, 1.54) is 0 Å². The summed E-state index contributed by atoms with van der Waals surface area (Å²) in [4.78, 5) is 2.41. The van der Waals surface area contributed by atoms with Crippen LogP contribution in [0.15, 0.2) is 0 Å². The molecule has 0 saturated carbocycles. The molecule has 0 aromatic heterocycles. The van der Waals surface area contributed by atoms with Gasteiger partial charge in [-0.25, -0.2) is 0 Å². The second-order valence-corrected chi connectivity index (χ2v) is 5.33. The van der Waals surface area contributed by atoms with Crippen molar-refractivity contribution in [1.82, 2.24) is 10.2 Å². The highest BCUT2D eigenvalue weighted by atomic mass is 16.5. The predicted octanol–water partition coefficient (Wildman–Crippen LogP) is -0.160. The van der Waals surface area contributed by atoms with E-state index in [1.54, 1.807) is 0 Å². The number of aliphatic hydroxyl groups is 1. The Morgan fingerprint density at radius 3 is 2.67 bits per heavy atom. The molecule has 0 aliphatic carbocycles. The maximum absolute atomic E-state index is 10.2. The van der Waals surface area contributed by atoms with Crippen molar-refractivity contribution in [3.63, 3.8) is 0 Å². The normalized spacial score (nSPS) is 25.2. The Labute approximate surface area is 109 Å². The number of rotatable bonds is 6. The standard InChI is InChI=1S/C13H26N2O3/c16-13(2-4-14-5-3-13)12-18-9-1-6-15-7-10-17-11-8-15/h14,16H,1-12H2. The maximum Gasteiger partial charge on any atom is 0.0904 e. The molecule has 0 amide bonds. The lowest BCUT2D eigenvalue weighted by Gasteiger charge is -2.32. The van der Waals surface area contributed by atoms with Gasteiger partial charge in [0.05, 0.1) is 25.4 Å². The van der Waals surface area contributed by atoms with Crippen LogP contribution in [0.4, 0.5) is 0 Å². The van der Waals surface area contributed by atoms with E-state index in [0.29, 0.717) is 6.61 Å². The van der Waals surface area contributed by atoms with Gasteiger partial charge in [0.1, 0.15) is 0 Å². The second kappa shape index (κ2) is 7.40. The summed E-state index contributed by atoms with van der Waals surface area (Å²) in [5, 5.41) is 13.5. The van der Waals surface area contributed by atoms with Crippen LogP contribution in [0.3, 0.4) is 0 Å². The minimum Gasteiger partial charge on any atom is -0.387 e. The summed E-state index contributed by atoms with van der Waals surface area (Å²) < 4.78 is 10.9. The van der Waals surface area contributed by atoms with Gasteiger partial charge in [0, 0.05) is 26.2 Å². The Hall–Kier alpha value is -0.200. The summed E-state index contributed by atoms with van der Waals surface area (Å²) in [6.45, 7) is 7.88. The molecule has 0 aromatic rings. The summed E-state index contributed by atoms with van der Waals surface area (Å²) in [6.07, 6.45) is 2.64. The molecule has 0 spiro atoms. The summed E-state index contributed by atoms with van der Waals surface area (Å²) in [5.41, 5.74) is -0.593. The molecule has 0 unspecified atom stereocenters. The molecule has 18 heavy (non-hydrogen) atoms. The first-order valence-corrected chi connectivity index (χ1v) is 7.09. The van der Waals surface area contributed by atoms with Crippen LogP contribution in [0, 0.1) is 0 Å². The van der Waals surface area contributed by atoms with E-state index in [1.807, 2.05) is 0 Å². The molecule has 0 aromatic carbocycles. The van der Waals surface area contributed by atoms with Crippen molar-refractivity contribution in [2.45, 2.75) is 24.9 Å². The van der Waals surface area contributed by atoms with Crippen LogP contribution >= 0.6 is 0 Å². The predicted molar refractivity (Wildman–Crippen MR) is 69.7 cm³/mol. The zero-order valence-corrected chi connectivity index (χ0v) is 11.2. The Balaban J connectivity index is 1.50.